The summed E-state index contributed by atoms with van der Waals surface area (Å²) < 4.78 is 3.09. The molecule has 0 bridgehead atoms. The SMILES string of the molecule is Cc1cccn2c(=O)c3cc(C(=O)NCc4ccccc4Cl)c(=N)n(Cc4ccccc4)c3nc12. The topological polar surface area (TPSA) is 92.3 Å². The molecule has 7 nitrogen and oxygen atoms in total. The molecule has 5 aromatic rings. The van der Waals surface area contributed by atoms with Crippen LogP contribution in [0.1, 0.15) is 27.0 Å². The number of aromatic nitrogens is 3. The van der Waals surface area contributed by atoms with Crippen molar-refractivity contribution >= 4 is 34.2 Å². The summed E-state index contributed by atoms with van der Waals surface area (Å²) in [5.41, 5.74) is 3.17. The molecule has 0 spiro atoms. The molecule has 35 heavy (non-hydrogen) atoms. The van der Waals surface area contributed by atoms with Crippen LogP contribution in [0.15, 0.2) is 83.8 Å². The summed E-state index contributed by atoms with van der Waals surface area (Å²) in [7, 11) is 0. The predicted molar refractivity (Wildman–Crippen MR) is 136 cm³/mol. The number of amides is 1. The summed E-state index contributed by atoms with van der Waals surface area (Å²) in [4.78, 5) is 31.4. The number of nitrogens with one attached hydrogen (secondary N) is 2. The molecule has 0 unspecified atom stereocenters. The molecule has 0 atom stereocenters. The van der Waals surface area contributed by atoms with E-state index in [0.29, 0.717) is 16.3 Å². The molecule has 5 rings (SSSR count). The van der Waals surface area contributed by atoms with Crippen molar-refractivity contribution in [2.75, 3.05) is 0 Å². The summed E-state index contributed by atoms with van der Waals surface area (Å²) in [5, 5.41) is 12.5. The Labute approximate surface area is 205 Å². The van der Waals surface area contributed by atoms with Crippen molar-refractivity contribution in [3.63, 3.8) is 0 Å². The van der Waals surface area contributed by atoms with Crippen molar-refractivity contribution in [2.24, 2.45) is 0 Å². The smallest absolute Gasteiger partial charge is 0.267 e. The lowest BCUT2D eigenvalue weighted by Gasteiger charge is -2.15. The highest BCUT2D eigenvalue weighted by atomic mass is 35.5. The highest BCUT2D eigenvalue weighted by Crippen LogP contribution is 2.16. The number of nitrogens with zero attached hydrogens (tertiary/aromatic N) is 3. The average molecular weight is 484 g/mol. The molecular formula is C27H22ClN5O2. The zero-order chi connectivity index (χ0) is 24.5. The Morgan fingerprint density at radius 1 is 1.03 bits per heavy atom. The van der Waals surface area contributed by atoms with Crippen molar-refractivity contribution < 1.29 is 4.79 Å². The molecule has 174 valence electrons. The van der Waals surface area contributed by atoms with E-state index in [1.54, 1.807) is 22.9 Å². The molecule has 0 fully saturated rings. The minimum Gasteiger partial charge on any atom is -0.348 e. The highest BCUT2D eigenvalue weighted by molar-refractivity contribution is 6.31. The second-order valence-corrected chi connectivity index (χ2v) is 8.70. The molecule has 0 saturated heterocycles. The van der Waals surface area contributed by atoms with Crippen LogP contribution in [0.2, 0.25) is 5.02 Å². The Kier molecular flexibility index (Phi) is 5.93. The number of hydrogen-bond acceptors (Lipinski definition) is 4. The van der Waals surface area contributed by atoms with Gasteiger partial charge in [-0.1, -0.05) is 66.2 Å². The van der Waals surface area contributed by atoms with Gasteiger partial charge in [-0.25, -0.2) is 4.98 Å². The normalized spacial score (nSPS) is 11.1. The fourth-order valence-corrected chi connectivity index (χ4v) is 4.30. The molecule has 0 aliphatic carbocycles. The first-order valence-electron chi connectivity index (χ1n) is 11.1. The molecule has 2 N–H and O–H groups in total. The van der Waals surface area contributed by atoms with Gasteiger partial charge in [-0.2, -0.15) is 0 Å². The molecule has 0 aliphatic heterocycles. The maximum absolute atomic E-state index is 13.5. The summed E-state index contributed by atoms with van der Waals surface area (Å²) in [6.07, 6.45) is 1.66. The van der Waals surface area contributed by atoms with Crippen LogP contribution in [0.25, 0.3) is 16.7 Å². The van der Waals surface area contributed by atoms with E-state index in [1.807, 2.05) is 61.5 Å². The summed E-state index contributed by atoms with van der Waals surface area (Å²) in [6.45, 7) is 2.37. The maximum atomic E-state index is 13.5. The third-order valence-electron chi connectivity index (χ3n) is 5.96. The number of aryl methyl sites for hydroxylation is 1. The molecule has 3 heterocycles. The zero-order valence-electron chi connectivity index (χ0n) is 19.0. The molecule has 3 aromatic heterocycles. The fourth-order valence-electron chi connectivity index (χ4n) is 4.10. The number of halogens is 1. The van der Waals surface area contributed by atoms with Gasteiger partial charge < -0.3 is 9.88 Å². The fraction of sp³-hybridized carbons (Fsp3) is 0.111. The Morgan fingerprint density at radius 3 is 2.54 bits per heavy atom. The Bertz CT molecular complexity index is 1710. The third-order valence-corrected chi connectivity index (χ3v) is 6.33. The van der Waals surface area contributed by atoms with Gasteiger partial charge in [0.1, 0.15) is 16.8 Å². The van der Waals surface area contributed by atoms with Crippen LogP contribution in [0.4, 0.5) is 0 Å². The van der Waals surface area contributed by atoms with Crippen molar-refractivity contribution in [3.05, 3.63) is 122 Å². The zero-order valence-corrected chi connectivity index (χ0v) is 19.7. The minimum absolute atomic E-state index is 0.0251. The molecule has 8 heteroatoms. The summed E-state index contributed by atoms with van der Waals surface area (Å²) in [5.74, 6) is -0.465. The lowest BCUT2D eigenvalue weighted by Crippen LogP contribution is -2.35. The van der Waals surface area contributed by atoms with Gasteiger partial charge >= 0.3 is 0 Å². The first-order valence-corrected chi connectivity index (χ1v) is 11.5. The van der Waals surface area contributed by atoms with Gasteiger partial charge in [0, 0.05) is 17.8 Å². The summed E-state index contributed by atoms with van der Waals surface area (Å²) in [6, 6.07) is 22.0. The van der Waals surface area contributed by atoms with Crippen molar-refractivity contribution in [2.45, 2.75) is 20.0 Å². The van der Waals surface area contributed by atoms with E-state index in [4.69, 9.17) is 22.0 Å². The number of pyridine rings is 2. The second-order valence-electron chi connectivity index (χ2n) is 8.29. The molecular weight excluding hydrogens is 462 g/mol. The quantitative estimate of drug-likeness (QED) is 0.369. The van der Waals surface area contributed by atoms with Gasteiger partial charge in [0.2, 0.25) is 0 Å². The van der Waals surface area contributed by atoms with Crippen LogP contribution in [0, 0.1) is 12.3 Å². The number of rotatable bonds is 5. The molecule has 0 saturated carbocycles. The summed E-state index contributed by atoms with van der Waals surface area (Å²) >= 11 is 6.22. The van der Waals surface area contributed by atoms with Gasteiger partial charge in [-0.15, -0.1) is 0 Å². The van der Waals surface area contributed by atoms with Gasteiger partial charge in [-0.05, 0) is 41.8 Å². The standard InChI is InChI=1S/C27H22ClN5O2/c1-17-8-7-13-32-24(17)31-25-21(27(32)35)14-20(23(29)33(25)16-18-9-3-2-4-10-18)26(34)30-15-19-11-5-6-12-22(19)28/h2-14,29H,15-16H2,1H3,(H,30,34). The van der Waals surface area contributed by atoms with E-state index in [-0.39, 0.29) is 35.1 Å². The first kappa shape index (κ1) is 22.6. The lowest BCUT2D eigenvalue weighted by atomic mass is 10.1. The molecule has 1 amide bonds. The van der Waals surface area contributed by atoms with Crippen LogP contribution in [0.5, 0.6) is 0 Å². The van der Waals surface area contributed by atoms with Crippen molar-refractivity contribution in [1.82, 2.24) is 19.3 Å². The Balaban J connectivity index is 1.69. The molecule has 0 radical (unpaired) electrons. The second kappa shape index (κ2) is 9.19. The number of carbonyl (C=O) groups excluding carboxylic acids is 1. The van der Waals surface area contributed by atoms with Crippen LogP contribution in [-0.4, -0.2) is 19.9 Å². The highest BCUT2D eigenvalue weighted by Gasteiger charge is 2.18. The van der Waals surface area contributed by atoms with Gasteiger partial charge in [-0.3, -0.25) is 19.4 Å². The van der Waals surface area contributed by atoms with E-state index < -0.39 is 5.91 Å². The van der Waals surface area contributed by atoms with E-state index in [9.17, 15) is 9.59 Å². The first-order chi connectivity index (χ1) is 16.9. The van der Waals surface area contributed by atoms with Gasteiger partial charge in [0.25, 0.3) is 11.5 Å². The van der Waals surface area contributed by atoms with Crippen LogP contribution < -0.4 is 16.4 Å². The Morgan fingerprint density at radius 2 is 1.77 bits per heavy atom. The number of fused-ring (bicyclic) bond motifs is 2. The van der Waals surface area contributed by atoms with Crippen molar-refractivity contribution in [1.29, 1.82) is 5.41 Å². The lowest BCUT2D eigenvalue weighted by molar-refractivity contribution is 0.0948. The predicted octanol–water partition coefficient (Wildman–Crippen LogP) is 4.07. The van der Waals surface area contributed by atoms with E-state index in [0.717, 1.165) is 16.7 Å². The van der Waals surface area contributed by atoms with Gasteiger partial charge in [0.05, 0.1) is 17.5 Å². The number of carbonyl (C=O) groups is 1. The third kappa shape index (κ3) is 4.22. The van der Waals surface area contributed by atoms with Crippen LogP contribution >= 0.6 is 11.6 Å². The van der Waals surface area contributed by atoms with Crippen LogP contribution in [-0.2, 0) is 13.1 Å². The minimum atomic E-state index is -0.465. The van der Waals surface area contributed by atoms with Gasteiger partial charge in [0.15, 0.2) is 0 Å². The largest absolute Gasteiger partial charge is 0.348 e. The average Bonchev–Trinajstić information content (AvgIpc) is 2.86. The maximum Gasteiger partial charge on any atom is 0.267 e. The van der Waals surface area contributed by atoms with E-state index >= 15 is 0 Å². The van der Waals surface area contributed by atoms with Crippen LogP contribution in [0.3, 0.4) is 0 Å². The van der Waals surface area contributed by atoms with Crippen molar-refractivity contribution in [3.8, 4) is 0 Å². The number of hydrogen-bond donors (Lipinski definition) is 2. The van der Waals surface area contributed by atoms with E-state index in [1.165, 1.54) is 10.5 Å². The molecule has 0 aliphatic rings. The monoisotopic (exact) mass is 483 g/mol. The Hall–Kier alpha value is -4.23. The number of benzene rings is 2. The van der Waals surface area contributed by atoms with E-state index in [2.05, 4.69) is 5.32 Å². The molecule has 2 aromatic carbocycles.